The standard InChI is InChI=1S/C21H25N5O4S/c1-5-13(15-8-7-9-31-15)23-16-17(21(30)26(6-2)20(16)29)24-14-11-22-10-12(18(14)27)19(28)25(3)4/h7-11,13,23-24H,5-6H2,1-4H3,(H,22,27)/t13-/m1/s1. The van der Waals surface area contributed by atoms with Crippen LogP contribution in [0.4, 0.5) is 5.69 Å². The molecule has 2 aromatic rings. The summed E-state index contributed by atoms with van der Waals surface area (Å²) in [6, 6.07) is 3.71. The lowest BCUT2D eigenvalue weighted by atomic mass is 10.1. The van der Waals surface area contributed by atoms with Crippen LogP contribution in [0, 0.1) is 0 Å². The highest BCUT2D eigenvalue weighted by atomic mass is 32.1. The zero-order valence-corrected chi connectivity index (χ0v) is 18.6. The van der Waals surface area contributed by atoms with E-state index in [1.807, 2.05) is 24.4 Å². The van der Waals surface area contributed by atoms with Gasteiger partial charge in [-0.05, 0) is 24.8 Å². The lowest BCUT2D eigenvalue weighted by Crippen LogP contribution is -2.34. The number of carbonyl (C=O) groups excluding carboxylic acids is 3. The molecule has 3 rings (SSSR count). The quantitative estimate of drug-likeness (QED) is 0.537. The molecule has 2 aromatic heterocycles. The predicted octanol–water partition coefficient (Wildman–Crippen LogP) is 1.89. The summed E-state index contributed by atoms with van der Waals surface area (Å²) in [5, 5.41) is 7.94. The number of H-pyrrole nitrogens is 1. The van der Waals surface area contributed by atoms with Crippen molar-refractivity contribution in [2.24, 2.45) is 0 Å². The predicted molar refractivity (Wildman–Crippen MR) is 119 cm³/mol. The number of carbonyl (C=O) groups is 3. The van der Waals surface area contributed by atoms with Crippen LogP contribution in [0.25, 0.3) is 0 Å². The van der Waals surface area contributed by atoms with Crippen LogP contribution < -0.4 is 16.1 Å². The van der Waals surface area contributed by atoms with E-state index < -0.39 is 23.2 Å². The highest BCUT2D eigenvalue weighted by molar-refractivity contribution is 7.10. The molecule has 0 bridgehead atoms. The maximum Gasteiger partial charge on any atom is 0.279 e. The lowest BCUT2D eigenvalue weighted by Gasteiger charge is -2.18. The minimum absolute atomic E-state index is 0.00488. The van der Waals surface area contributed by atoms with Gasteiger partial charge < -0.3 is 20.5 Å². The number of likely N-dealkylation sites (N-methyl/N-ethyl adjacent to an activating group) is 1. The van der Waals surface area contributed by atoms with Crippen molar-refractivity contribution in [1.82, 2.24) is 20.1 Å². The minimum Gasteiger partial charge on any atom is -0.371 e. The average molecular weight is 444 g/mol. The first-order chi connectivity index (χ1) is 14.8. The molecule has 31 heavy (non-hydrogen) atoms. The van der Waals surface area contributed by atoms with E-state index in [9.17, 15) is 19.2 Å². The van der Waals surface area contributed by atoms with Gasteiger partial charge in [0.25, 0.3) is 17.7 Å². The molecule has 3 amide bonds. The van der Waals surface area contributed by atoms with Gasteiger partial charge in [-0.3, -0.25) is 24.1 Å². The Morgan fingerprint density at radius 1 is 1.16 bits per heavy atom. The molecular formula is C21H25N5O4S. The van der Waals surface area contributed by atoms with Gasteiger partial charge in [-0.1, -0.05) is 13.0 Å². The van der Waals surface area contributed by atoms with E-state index in [2.05, 4.69) is 15.6 Å². The van der Waals surface area contributed by atoms with Crippen molar-refractivity contribution in [2.45, 2.75) is 26.3 Å². The number of hydrogen-bond acceptors (Lipinski definition) is 7. The minimum atomic E-state index is -0.565. The highest BCUT2D eigenvalue weighted by Crippen LogP contribution is 2.27. The van der Waals surface area contributed by atoms with Crippen LogP contribution in [-0.4, -0.2) is 53.1 Å². The van der Waals surface area contributed by atoms with Gasteiger partial charge in [0.2, 0.25) is 5.43 Å². The molecule has 0 unspecified atom stereocenters. The molecule has 0 saturated heterocycles. The smallest absolute Gasteiger partial charge is 0.279 e. The van der Waals surface area contributed by atoms with Gasteiger partial charge in [0.15, 0.2) is 0 Å². The number of aromatic nitrogens is 1. The van der Waals surface area contributed by atoms with Gasteiger partial charge in [0, 0.05) is 37.9 Å². The molecular weight excluding hydrogens is 418 g/mol. The highest BCUT2D eigenvalue weighted by Gasteiger charge is 2.39. The number of amides is 3. The number of nitrogens with one attached hydrogen (secondary N) is 3. The number of nitrogens with zero attached hydrogens (tertiary/aromatic N) is 2. The van der Waals surface area contributed by atoms with Crippen LogP contribution in [0.5, 0.6) is 0 Å². The molecule has 10 heteroatoms. The maximum absolute atomic E-state index is 12.9. The second kappa shape index (κ2) is 9.17. The normalized spacial score (nSPS) is 14.8. The molecule has 0 radical (unpaired) electrons. The molecule has 0 spiro atoms. The summed E-state index contributed by atoms with van der Waals surface area (Å²) in [5.41, 5.74) is -0.535. The number of anilines is 1. The third kappa shape index (κ3) is 4.24. The fraction of sp³-hybridized carbons (Fsp3) is 0.333. The van der Waals surface area contributed by atoms with Gasteiger partial charge >= 0.3 is 0 Å². The number of thiophene rings is 1. The molecule has 9 nitrogen and oxygen atoms in total. The van der Waals surface area contributed by atoms with Gasteiger partial charge in [-0.15, -0.1) is 11.3 Å². The zero-order chi connectivity index (χ0) is 22.7. The van der Waals surface area contributed by atoms with Crippen molar-refractivity contribution < 1.29 is 14.4 Å². The number of pyridine rings is 1. The van der Waals surface area contributed by atoms with E-state index in [1.54, 1.807) is 32.4 Å². The Bertz CT molecular complexity index is 1090. The summed E-state index contributed by atoms with van der Waals surface area (Å²) in [4.78, 5) is 57.1. The van der Waals surface area contributed by atoms with Crippen LogP contribution in [0.3, 0.4) is 0 Å². The van der Waals surface area contributed by atoms with Gasteiger partial charge in [0.1, 0.15) is 22.6 Å². The van der Waals surface area contributed by atoms with Gasteiger partial charge in [0.05, 0.1) is 6.04 Å². The molecule has 164 valence electrons. The molecule has 0 saturated carbocycles. The second-order valence-electron chi connectivity index (χ2n) is 7.16. The summed E-state index contributed by atoms with van der Waals surface area (Å²) in [7, 11) is 3.08. The van der Waals surface area contributed by atoms with Crippen molar-refractivity contribution in [3.05, 3.63) is 62.0 Å². The molecule has 1 aliphatic rings. The Hall–Kier alpha value is -3.40. The fourth-order valence-corrected chi connectivity index (χ4v) is 4.12. The van der Waals surface area contributed by atoms with Crippen molar-refractivity contribution in [1.29, 1.82) is 0 Å². The SMILES string of the molecule is CC[C@@H](NC1=C(Nc2c[nH]cc(C(=O)N(C)C)c2=O)C(=O)N(CC)C1=O)c1cccs1. The largest absolute Gasteiger partial charge is 0.371 e. The molecule has 0 aliphatic carbocycles. The monoisotopic (exact) mass is 443 g/mol. The first-order valence-corrected chi connectivity index (χ1v) is 10.8. The van der Waals surface area contributed by atoms with E-state index in [4.69, 9.17) is 0 Å². The molecule has 3 N–H and O–H groups in total. The van der Waals surface area contributed by atoms with Gasteiger partial charge in [-0.25, -0.2) is 0 Å². The Balaban J connectivity index is 2.02. The van der Waals surface area contributed by atoms with Crippen molar-refractivity contribution in [3.8, 4) is 0 Å². The molecule has 0 fully saturated rings. The van der Waals surface area contributed by atoms with E-state index in [0.29, 0.717) is 6.42 Å². The Kier molecular flexibility index (Phi) is 6.59. The first kappa shape index (κ1) is 22.3. The Morgan fingerprint density at radius 3 is 2.45 bits per heavy atom. The Labute approximate surface area is 183 Å². The molecule has 1 atom stereocenters. The van der Waals surface area contributed by atoms with Crippen LogP contribution in [0.15, 0.2) is 46.1 Å². The summed E-state index contributed by atoms with van der Waals surface area (Å²) >= 11 is 1.55. The van der Waals surface area contributed by atoms with Crippen LogP contribution >= 0.6 is 11.3 Å². The van der Waals surface area contributed by atoms with E-state index >= 15 is 0 Å². The zero-order valence-electron chi connectivity index (χ0n) is 17.8. The molecule has 1 aliphatic heterocycles. The fourth-order valence-electron chi connectivity index (χ4n) is 3.26. The molecule has 0 aromatic carbocycles. The number of imide groups is 1. The summed E-state index contributed by atoms with van der Waals surface area (Å²) in [6.07, 6.45) is 3.37. The third-order valence-electron chi connectivity index (χ3n) is 4.94. The van der Waals surface area contributed by atoms with Crippen molar-refractivity contribution in [2.75, 3.05) is 26.0 Å². The topological polar surface area (TPSA) is 115 Å². The summed E-state index contributed by atoms with van der Waals surface area (Å²) in [6.45, 7) is 3.88. The average Bonchev–Trinajstić information content (AvgIpc) is 3.35. The van der Waals surface area contributed by atoms with Crippen LogP contribution in [0.1, 0.15) is 41.5 Å². The number of rotatable bonds is 8. The summed E-state index contributed by atoms with van der Waals surface area (Å²) in [5.74, 6) is -1.45. The maximum atomic E-state index is 12.9. The van der Waals surface area contributed by atoms with Gasteiger partial charge in [-0.2, -0.15) is 0 Å². The Morgan fingerprint density at radius 2 is 1.87 bits per heavy atom. The van der Waals surface area contributed by atoms with Crippen LogP contribution in [-0.2, 0) is 9.59 Å². The van der Waals surface area contributed by atoms with E-state index in [-0.39, 0.29) is 35.2 Å². The number of hydrogen-bond donors (Lipinski definition) is 3. The van der Waals surface area contributed by atoms with Crippen LogP contribution in [0.2, 0.25) is 0 Å². The molecule has 3 heterocycles. The van der Waals surface area contributed by atoms with Crippen molar-refractivity contribution >= 4 is 34.7 Å². The lowest BCUT2D eigenvalue weighted by molar-refractivity contribution is -0.137. The first-order valence-electron chi connectivity index (χ1n) is 9.90. The van der Waals surface area contributed by atoms with E-state index in [1.165, 1.54) is 17.3 Å². The number of aromatic amines is 1. The van der Waals surface area contributed by atoms with Crippen molar-refractivity contribution in [3.63, 3.8) is 0 Å². The second-order valence-corrected chi connectivity index (χ2v) is 8.14. The summed E-state index contributed by atoms with van der Waals surface area (Å²) < 4.78 is 0. The third-order valence-corrected chi connectivity index (χ3v) is 5.92. The van der Waals surface area contributed by atoms with E-state index in [0.717, 1.165) is 9.78 Å².